The molecular formula is C28H35I5. The van der Waals surface area contributed by atoms with Crippen LogP contribution in [-0.4, -0.2) is 8.29 Å². The van der Waals surface area contributed by atoms with Gasteiger partial charge in [0.05, 0.1) is 3.86 Å². The van der Waals surface area contributed by atoms with Gasteiger partial charge >= 0.3 is 0 Å². The highest BCUT2D eigenvalue weighted by Crippen LogP contribution is 2.12. The molecule has 0 aromatic heterocycles. The van der Waals surface area contributed by atoms with Crippen LogP contribution in [0.2, 0.25) is 0 Å². The summed E-state index contributed by atoms with van der Waals surface area (Å²) >= 11 is 11.8. The Hall–Kier alpha value is 1.05. The van der Waals surface area contributed by atoms with E-state index in [1.807, 2.05) is 27.7 Å². The van der Waals surface area contributed by atoms with E-state index in [1.165, 1.54) is 26.0 Å². The Morgan fingerprint density at radius 1 is 0.485 bits per heavy atom. The number of halogens is 5. The average Bonchev–Trinajstić information content (AvgIpc) is 2.87. The summed E-state index contributed by atoms with van der Waals surface area (Å²) in [4.78, 5) is 0. The summed E-state index contributed by atoms with van der Waals surface area (Å²) in [6.07, 6.45) is 0. The van der Waals surface area contributed by atoms with Crippen LogP contribution in [0.4, 0.5) is 0 Å². The van der Waals surface area contributed by atoms with E-state index in [2.05, 4.69) is 217 Å². The Balaban J connectivity index is 0. The summed E-state index contributed by atoms with van der Waals surface area (Å²) in [7, 11) is 0. The average molecular weight is 1010 g/mol. The smallest absolute Gasteiger partial charge is 0.0715 e. The summed E-state index contributed by atoms with van der Waals surface area (Å²) in [5, 5.41) is 5.24. The standard InChI is InChI=1S/2C10H8.C2H3I3.C2H4I2.2C2H6/c2*1-2-6-10-8-4-3-7-9(10)5-1;3-1-2(4)5;1-2(3)4;2*1-2/h2*1-8H;2H,1H2;2H,1H3;2*1-2H3. The second-order valence-corrected chi connectivity index (χ2v) is 18.2. The first-order chi connectivity index (χ1) is 15.9. The molecule has 0 fully saturated rings. The predicted molar refractivity (Wildman–Crippen MR) is 199 cm³/mol. The van der Waals surface area contributed by atoms with Crippen LogP contribution in [0.25, 0.3) is 21.5 Å². The van der Waals surface area contributed by atoms with Gasteiger partial charge in [0.25, 0.3) is 0 Å². The van der Waals surface area contributed by atoms with Crippen molar-refractivity contribution in [2.24, 2.45) is 0 Å². The van der Waals surface area contributed by atoms with E-state index in [9.17, 15) is 0 Å². The number of rotatable bonds is 1. The number of alkyl halides is 5. The van der Waals surface area contributed by atoms with E-state index in [-0.39, 0.29) is 0 Å². The minimum Gasteiger partial charge on any atom is -0.0844 e. The van der Waals surface area contributed by atoms with Crippen molar-refractivity contribution >= 4 is 134 Å². The molecule has 0 aliphatic heterocycles. The molecule has 0 bridgehead atoms. The second-order valence-electron chi connectivity index (χ2n) is 5.76. The molecular weight excluding hydrogens is 971 g/mol. The Morgan fingerprint density at radius 3 is 0.697 bits per heavy atom. The van der Waals surface area contributed by atoms with Crippen LogP contribution in [0.3, 0.4) is 0 Å². The van der Waals surface area contributed by atoms with Crippen LogP contribution in [-0.2, 0) is 0 Å². The van der Waals surface area contributed by atoms with E-state index < -0.39 is 0 Å². The van der Waals surface area contributed by atoms with Gasteiger partial charge in [-0.3, -0.25) is 0 Å². The fourth-order valence-electron chi connectivity index (χ4n) is 2.27. The van der Waals surface area contributed by atoms with Crippen molar-refractivity contribution in [2.75, 3.05) is 4.43 Å². The lowest BCUT2D eigenvalue weighted by Crippen LogP contribution is -1.78. The van der Waals surface area contributed by atoms with Crippen LogP contribution in [0.15, 0.2) is 97.1 Å². The van der Waals surface area contributed by atoms with Gasteiger partial charge in [-0.25, -0.2) is 0 Å². The molecule has 0 aliphatic carbocycles. The molecule has 0 atom stereocenters. The maximum atomic E-state index is 2.39. The molecule has 0 amide bonds. The lowest BCUT2D eigenvalue weighted by Gasteiger charge is -1.92. The zero-order chi connectivity index (χ0) is 25.5. The second kappa shape index (κ2) is 26.1. The summed E-state index contributed by atoms with van der Waals surface area (Å²) in [5.74, 6) is 0. The quantitative estimate of drug-likeness (QED) is 0.132. The molecule has 0 heterocycles. The van der Waals surface area contributed by atoms with Crippen LogP contribution >= 0.6 is 113 Å². The molecule has 4 rings (SSSR count). The molecule has 0 saturated heterocycles. The molecule has 0 radical (unpaired) electrons. The molecule has 0 saturated carbocycles. The highest BCUT2D eigenvalue weighted by Gasteiger charge is 1.87. The van der Waals surface area contributed by atoms with Gasteiger partial charge in [0, 0.05) is 4.43 Å². The number of fused-ring (bicyclic) bond motifs is 2. The summed E-state index contributed by atoms with van der Waals surface area (Å²) in [5.41, 5.74) is 0. The Morgan fingerprint density at radius 2 is 0.606 bits per heavy atom. The van der Waals surface area contributed by atoms with Crippen LogP contribution in [0.5, 0.6) is 0 Å². The van der Waals surface area contributed by atoms with Crippen molar-refractivity contribution in [3.05, 3.63) is 97.1 Å². The molecule has 5 heteroatoms. The third kappa shape index (κ3) is 20.9. The van der Waals surface area contributed by atoms with Crippen LogP contribution in [0.1, 0.15) is 34.6 Å². The highest BCUT2D eigenvalue weighted by atomic mass is 127. The van der Waals surface area contributed by atoms with Crippen molar-refractivity contribution in [3.63, 3.8) is 0 Å². The SMILES string of the molecule is CC.CC.CC(I)I.ICC(I)I.c1ccc2ccccc2c1.c1ccc2ccccc2c1. The van der Waals surface area contributed by atoms with Crippen molar-refractivity contribution in [1.82, 2.24) is 0 Å². The molecule has 0 unspecified atom stereocenters. The fraction of sp³-hybridized carbons (Fsp3) is 0.286. The highest BCUT2D eigenvalue weighted by molar-refractivity contribution is 14.2. The minimum absolute atomic E-state index is 0.773. The predicted octanol–water partition coefficient (Wildman–Crippen LogP) is 12.6. The monoisotopic (exact) mass is 1010 g/mol. The number of benzene rings is 4. The van der Waals surface area contributed by atoms with Gasteiger partial charge < -0.3 is 0 Å². The first-order valence-electron chi connectivity index (χ1n) is 10.9. The molecule has 0 aliphatic rings. The van der Waals surface area contributed by atoms with Crippen molar-refractivity contribution in [2.45, 2.75) is 38.5 Å². The molecule has 4 aromatic rings. The Bertz CT molecular complexity index is 734. The summed E-state index contributed by atoms with van der Waals surface area (Å²) < 4.78 is 2.83. The Labute approximate surface area is 270 Å². The van der Waals surface area contributed by atoms with Crippen molar-refractivity contribution in [1.29, 1.82) is 0 Å². The Kier molecular flexibility index (Phi) is 28.7. The fourth-order valence-corrected chi connectivity index (χ4v) is 2.27. The molecule has 0 spiro atoms. The maximum Gasteiger partial charge on any atom is 0.0715 e. The van der Waals surface area contributed by atoms with Gasteiger partial charge in [0.1, 0.15) is 0 Å². The molecule has 0 N–H and O–H groups in total. The van der Waals surface area contributed by atoms with Crippen LogP contribution < -0.4 is 0 Å². The van der Waals surface area contributed by atoms with E-state index in [0.29, 0.717) is 0 Å². The summed E-state index contributed by atoms with van der Waals surface area (Å²) in [6, 6.07) is 33.4. The molecule has 4 aromatic carbocycles. The first kappa shape index (κ1) is 36.2. The molecule has 182 valence electrons. The lowest BCUT2D eigenvalue weighted by atomic mass is 10.1. The van der Waals surface area contributed by atoms with Crippen molar-refractivity contribution < 1.29 is 0 Å². The third-order valence-electron chi connectivity index (χ3n) is 3.43. The van der Waals surface area contributed by atoms with Gasteiger partial charge in [0.15, 0.2) is 0 Å². The van der Waals surface area contributed by atoms with Crippen LogP contribution in [0, 0.1) is 0 Å². The van der Waals surface area contributed by atoms with E-state index in [4.69, 9.17) is 0 Å². The molecule has 33 heavy (non-hydrogen) atoms. The largest absolute Gasteiger partial charge is 0.0844 e. The number of hydrogen-bond acceptors (Lipinski definition) is 0. The van der Waals surface area contributed by atoms with Gasteiger partial charge in [-0.05, 0) is 28.5 Å². The zero-order valence-corrected chi connectivity index (χ0v) is 30.8. The van der Waals surface area contributed by atoms with Gasteiger partial charge in [-0.1, -0.05) is 238 Å². The van der Waals surface area contributed by atoms with Gasteiger partial charge in [0.2, 0.25) is 0 Å². The van der Waals surface area contributed by atoms with Gasteiger partial charge in [-0.2, -0.15) is 0 Å². The normalized spacial score (nSPS) is 8.97. The van der Waals surface area contributed by atoms with E-state index in [0.717, 1.165) is 3.86 Å². The minimum atomic E-state index is 0.773. The third-order valence-corrected chi connectivity index (χ3v) is 8.57. The molecule has 0 nitrogen and oxygen atoms in total. The topological polar surface area (TPSA) is 0 Å². The zero-order valence-electron chi connectivity index (χ0n) is 20.0. The lowest BCUT2D eigenvalue weighted by molar-refractivity contribution is 1.50. The van der Waals surface area contributed by atoms with Gasteiger partial charge in [-0.15, -0.1) is 0 Å². The number of hydrogen-bond donors (Lipinski definition) is 0. The van der Waals surface area contributed by atoms with Crippen molar-refractivity contribution in [3.8, 4) is 0 Å². The van der Waals surface area contributed by atoms with E-state index >= 15 is 0 Å². The van der Waals surface area contributed by atoms with E-state index in [1.54, 1.807) is 0 Å². The summed E-state index contributed by atoms with van der Waals surface area (Å²) in [6.45, 7) is 10.1. The first-order valence-corrected chi connectivity index (χ1v) is 17.4. The maximum absolute atomic E-state index is 2.39.